The van der Waals surface area contributed by atoms with E-state index in [0.717, 1.165) is 11.8 Å². The highest BCUT2D eigenvalue weighted by molar-refractivity contribution is 5.77. The molecule has 0 N–H and O–H groups in total. The van der Waals surface area contributed by atoms with E-state index in [0.29, 0.717) is 0 Å². The summed E-state index contributed by atoms with van der Waals surface area (Å²) in [4.78, 5) is 13.9. The van der Waals surface area contributed by atoms with Crippen molar-refractivity contribution in [3.8, 4) is 0 Å². The van der Waals surface area contributed by atoms with Crippen LogP contribution in [0.3, 0.4) is 0 Å². The molecule has 40 heavy (non-hydrogen) atoms. The molecule has 0 aliphatic rings. The Hall–Kier alpha value is -2.74. The Bertz CT molecular complexity index is 532. The minimum atomic E-state index is 0.213. The van der Waals surface area contributed by atoms with Crippen molar-refractivity contribution in [2.45, 2.75) is 117 Å². The van der Waals surface area contributed by atoms with Crippen LogP contribution in [0.4, 0.5) is 0 Å². The molecule has 0 saturated heterocycles. The number of hydrogen-bond acceptors (Lipinski definition) is 2. The van der Waals surface area contributed by atoms with Crippen LogP contribution in [0, 0.1) is 17.8 Å². The van der Waals surface area contributed by atoms with Crippen molar-refractivity contribution >= 4 is 5.78 Å². The van der Waals surface area contributed by atoms with Crippen molar-refractivity contribution in [1.29, 1.82) is 0 Å². The molecule has 0 bridgehead atoms. The Kier molecular flexibility index (Phi) is 66.0. The number of carbonyl (C=O) groups is 1. The molecule has 0 spiro atoms. The topological polar surface area (TPSA) is 30.0 Å². The highest BCUT2D eigenvalue weighted by Gasteiger charge is 1.95. The second-order valence-electron chi connectivity index (χ2n) is 8.70. The molecule has 0 aliphatic carbocycles. The summed E-state index contributed by atoms with van der Waals surface area (Å²) in [6.07, 6.45) is 6.11. The molecule has 0 radical (unpaired) electrons. The number of aromatic nitrogens is 1. The molecule has 0 atom stereocenters. The van der Waals surface area contributed by atoms with E-state index in [4.69, 9.17) is 0 Å². The summed E-state index contributed by atoms with van der Waals surface area (Å²) in [5.74, 6) is 2.24. The van der Waals surface area contributed by atoms with Gasteiger partial charge >= 0.3 is 0 Å². The average molecular weight is 556 g/mol. The number of nitrogens with zero attached hydrogens (tertiary/aromatic N) is 1. The molecule has 0 saturated carbocycles. The van der Waals surface area contributed by atoms with Gasteiger partial charge in [0.1, 0.15) is 5.78 Å². The predicted molar refractivity (Wildman–Crippen MR) is 187 cm³/mol. The van der Waals surface area contributed by atoms with Crippen LogP contribution in [-0.2, 0) is 4.79 Å². The van der Waals surface area contributed by atoms with Gasteiger partial charge in [-0.2, -0.15) is 0 Å². The third kappa shape index (κ3) is 76.5. The maximum Gasteiger partial charge on any atom is 0.132 e. The minimum absolute atomic E-state index is 0.213. The molecule has 2 heteroatoms. The van der Waals surface area contributed by atoms with Crippen molar-refractivity contribution in [2.75, 3.05) is 0 Å². The summed E-state index contributed by atoms with van der Waals surface area (Å²) < 4.78 is 0. The van der Waals surface area contributed by atoms with Gasteiger partial charge in [-0.3, -0.25) is 9.78 Å². The second-order valence-corrected chi connectivity index (χ2v) is 8.70. The zero-order valence-electron chi connectivity index (χ0n) is 29.3. The fourth-order valence-corrected chi connectivity index (χ4v) is 1.08. The maximum absolute atomic E-state index is 10.1. The molecular formula is C38H69NO. The molecule has 1 aromatic heterocycles. The third-order valence-corrected chi connectivity index (χ3v) is 4.35. The Morgan fingerprint density at radius 2 is 0.625 bits per heavy atom. The smallest absolute Gasteiger partial charge is 0.132 e. The average Bonchev–Trinajstić information content (AvgIpc) is 3.04. The van der Waals surface area contributed by atoms with Crippen LogP contribution in [-0.4, -0.2) is 10.8 Å². The van der Waals surface area contributed by atoms with E-state index in [9.17, 15) is 4.79 Å². The number of pyridine rings is 1. The fourth-order valence-electron chi connectivity index (χ4n) is 1.08. The van der Waals surface area contributed by atoms with Crippen LogP contribution in [0.2, 0.25) is 0 Å². The van der Waals surface area contributed by atoms with Crippen molar-refractivity contribution < 1.29 is 4.79 Å². The SMILES string of the molecule is CC.CC.CC.CC(=O)C(C)C.CCC(C)C.CCC(C)C.c1ccccc1.c1ccccc1.c1ccncc1. The van der Waals surface area contributed by atoms with E-state index in [1.807, 2.05) is 146 Å². The van der Waals surface area contributed by atoms with E-state index < -0.39 is 0 Å². The number of rotatable bonds is 3. The third-order valence-electron chi connectivity index (χ3n) is 4.35. The van der Waals surface area contributed by atoms with Gasteiger partial charge in [-0.05, 0) is 30.9 Å². The van der Waals surface area contributed by atoms with Gasteiger partial charge < -0.3 is 0 Å². The first-order chi connectivity index (χ1) is 19.2. The fraction of sp³-hybridized carbons (Fsp3) is 0.526. The zero-order valence-corrected chi connectivity index (χ0v) is 29.3. The first-order valence-corrected chi connectivity index (χ1v) is 15.5. The lowest BCUT2D eigenvalue weighted by molar-refractivity contribution is -0.119. The van der Waals surface area contributed by atoms with Crippen molar-refractivity contribution in [3.05, 3.63) is 103 Å². The Balaban J connectivity index is -0.0000000836. The summed E-state index contributed by atoms with van der Waals surface area (Å²) >= 11 is 0. The number of hydrogen-bond donors (Lipinski definition) is 0. The van der Waals surface area contributed by atoms with Crippen LogP contribution >= 0.6 is 0 Å². The molecule has 0 unspecified atom stereocenters. The van der Waals surface area contributed by atoms with Crippen molar-refractivity contribution in [1.82, 2.24) is 4.98 Å². The largest absolute Gasteiger partial charge is 0.300 e. The quantitative estimate of drug-likeness (QED) is 0.321. The maximum atomic E-state index is 10.1. The summed E-state index contributed by atoms with van der Waals surface area (Å²) in [6, 6.07) is 29.7. The van der Waals surface area contributed by atoms with E-state index in [1.54, 1.807) is 19.3 Å². The number of Topliss-reactive ketones (excluding diaryl/α,β-unsaturated/α-hetero) is 1. The molecule has 0 aliphatic heterocycles. The standard InChI is InChI=1S/2C6H6.C5H5N.C5H10O.2C5H12.3C2H6/c3*1-2-4-6-5-3-1;1-4(2)5(3)6;2*1-4-5(2)3;3*1-2/h2*1-6H;1-5H;4H,1-3H3;2*5H,4H2,1-3H3;3*1-2H3. The van der Waals surface area contributed by atoms with Crippen LogP contribution in [0.25, 0.3) is 0 Å². The van der Waals surface area contributed by atoms with Crippen LogP contribution in [0.5, 0.6) is 0 Å². The lowest BCUT2D eigenvalue weighted by atomic mass is 10.1. The molecule has 3 aromatic rings. The van der Waals surface area contributed by atoms with Crippen molar-refractivity contribution in [2.24, 2.45) is 17.8 Å². The molecule has 1 heterocycles. The molecule has 3 rings (SSSR count). The predicted octanol–water partition coefficient (Wildman–Crippen LogP) is 12.9. The molecule has 2 nitrogen and oxygen atoms in total. The van der Waals surface area contributed by atoms with Crippen LogP contribution < -0.4 is 0 Å². The zero-order chi connectivity index (χ0) is 32.5. The minimum Gasteiger partial charge on any atom is -0.300 e. The van der Waals surface area contributed by atoms with Gasteiger partial charge in [-0.25, -0.2) is 0 Å². The lowest BCUT2D eigenvalue weighted by Gasteiger charge is -1.90. The molecule has 232 valence electrons. The Labute approximate surface area is 253 Å². The normalized spacial score (nSPS) is 7.85. The van der Waals surface area contributed by atoms with Gasteiger partial charge in [0.05, 0.1) is 0 Å². The summed E-state index contributed by atoms with van der Waals surface area (Å²) in [5, 5.41) is 0. The first kappa shape index (κ1) is 50.1. The van der Waals surface area contributed by atoms with Gasteiger partial charge in [-0.1, -0.05) is 189 Å². The molecule has 0 amide bonds. The van der Waals surface area contributed by atoms with E-state index in [1.165, 1.54) is 12.8 Å². The molecular weight excluding hydrogens is 486 g/mol. The van der Waals surface area contributed by atoms with Gasteiger partial charge in [0, 0.05) is 18.3 Å². The number of ketones is 1. The highest BCUT2D eigenvalue weighted by atomic mass is 16.1. The highest BCUT2D eigenvalue weighted by Crippen LogP contribution is 1.94. The summed E-state index contributed by atoms with van der Waals surface area (Å²) in [6.45, 7) is 30.7. The summed E-state index contributed by atoms with van der Waals surface area (Å²) in [5.41, 5.74) is 0. The van der Waals surface area contributed by atoms with E-state index in [-0.39, 0.29) is 11.7 Å². The van der Waals surface area contributed by atoms with Crippen LogP contribution in [0.15, 0.2) is 103 Å². The van der Waals surface area contributed by atoms with E-state index in [2.05, 4.69) is 46.5 Å². The van der Waals surface area contributed by atoms with Crippen molar-refractivity contribution in [3.63, 3.8) is 0 Å². The number of benzene rings is 2. The van der Waals surface area contributed by atoms with Crippen LogP contribution in [0.1, 0.15) is 117 Å². The second kappa shape index (κ2) is 52.7. The Morgan fingerprint density at radius 1 is 0.475 bits per heavy atom. The van der Waals surface area contributed by atoms with Gasteiger partial charge in [0.15, 0.2) is 0 Å². The van der Waals surface area contributed by atoms with Gasteiger partial charge in [0.25, 0.3) is 0 Å². The summed E-state index contributed by atoms with van der Waals surface area (Å²) in [7, 11) is 0. The lowest BCUT2D eigenvalue weighted by Crippen LogP contribution is -1.98. The molecule has 0 fully saturated rings. The van der Waals surface area contributed by atoms with Gasteiger partial charge in [0.2, 0.25) is 0 Å². The van der Waals surface area contributed by atoms with Gasteiger partial charge in [-0.15, -0.1) is 0 Å². The monoisotopic (exact) mass is 556 g/mol. The Morgan fingerprint density at radius 3 is 0.675 bits per heavy atom. The number of carbonyl (C=O) groups excluding carboxylic acids is 1. The molecule has 2 aromatic carbocycles. The van der Waals surface area contributed by atoms with E-state index >= 15 is 0 Å². The first-order valence-electron chi connectivity index (χ1n) is 15.5.